The summed E-state index contributed by atoms with van der Waals surface area (Å²) in [5.41, 5.74) is 3.64. The third-order valence-corrected chi connectivity index (χ3v) is 6.95. The summed E-state index contributed by atoms with van der Waals surface area (Å²) in [5, 5.41) is 10.4. The molecule has 1 saturated heterocycles. The highest BCUT2D eigenvalue weighted by Crippen LogP contribution is 2.48. The molecule has 2 aliphatic heterocycles. The van der Waals surface area contributed by atoms with Crippen molar-refractivity contribution in [3.8, 4) is 0 Å². The van der Waals surface area contributed by atoms with Crippen LogP contribution < -0.4 is 4.90 Å². The summed E-state index contributed by atoms with van der Waals surface area (Å²) in [6.45, 7) is 2.55. The molecule has 6 heteroatoms. The van der Waals surface area contributed by atoms with Crippen molar-refractivity contribution >= 4 is 11.4 Å². The number of piperidine rings is 1. The van der Waals surface area contributed by atoms with Gasteiger partial charge >= 0.3 is 0 Å². The average Bonchev–Trinajstić information content (AvgIpc) is 3.13. The van der Waals surface area contributed by atoms with Gasteiger partial charge in [0.05, 0.1) is 6.10 Å². The number of likely N-dealkylation sites (tertiary alicyclic amines) is 1. The molecule has 1 unspecified atom stereocenters. The first kappa shape index (κ1) is 22.0. The van der Waals surface area contributed by atoms with E-state index in [0.29, 0.717) is 6.42 Å². The molecule has 5 rings (SSSR count). The summed E-state index contributed by atoms with van der Waals surface area (Å²) >= 11 is 0. The lowest BCUT2D eigenvalue weighted by molar-refractivity contribution is 0.145. The van der Waals surface area contributed by atoms with Crippen LogP contribution in [0.1, 0.15) is 42.4 Å². The Kier molecular flexibility index (Phi) is 6.13. The monoisotopic (exact) mass is 452 g/mol. The Morgan fingerprint density at radius 1 is 0.879 bits per heavy atom. The Balaban J connectivity index is 1.27. The van der Waals surface area contributed by atoms with Crippen molar-refractivity contribution in [3.63, 3.8) is 0 Å². The van der Waals surface area contributed by atoms with E-state index in [0.717, 1.165) is 55.0 Å². The van der Waals surface area contributed by atoms with Crippen LogP contribution in [0.2, 0.25) is 0 Å². The first-order valence-corrected chi connectivity index (χ1v) is 11.5. The molecule has 2 aliphatic rings. The smallest absolute Gasteiger partial charge is 0.123 e. The topological polar surface area (TPSA) is 26.7 Å². The van der Waals surface area contributed by atoms with Crippen LogP contribution in [0.4, 0.5) is 24.5 Å². The van der Waals surface area contributed by atoms with E-state index >= 15 is 0 Å². The molecule has 0 aliphatic carbocycles. The van der Waals surface area contributed by atoms with Crippen molar-refractivity contribution in [2.24, 2.45) is 0 Å². The van der Waals surface area contributed by atoms with Crippen molar-refractivity contribution < 1.29 is 18.3 Å². The van der Waals surface area contributed by atoms with E-state index in [-0.39, 0.29) is 29.4 Å². The molecule has 0 bridgehead atoms. The molecule has 0 radical (unpaired) electrons. The zero-order valence-corrected chi connectivity index (χ0v) is 18.3. The third kappa shape index (κ3) is 4.50. The van der Waals surface area contributed by atoms with E-state index in [9.17, 15) is 18.3 Å². The summed E-state index contributed by atoms with van der Waals surface area (Å²) in [6.07, 6.45) is 1.72. The lowest BCUT2D eigenvalue weighted by atomic mass is 9.88. The van der Waals surface area contributed by atoms with Crippen LogP contribution in [-0.2, 0) is 0 Å². The third-order valence-electron chi connectivity index (χ3n) is 6.95. The minimum Gasteiger partial charge on any atom is -0.388 e. The lowest BCUT2D eigenvalue weighted by Crippen LogP contribution is -2.45. The van der Waals surface area contributed by atoms with Gasteiger partial charge in [0.25, 0.3) is 0 Å². The zero-order chi connectivity index (χ0) is 22.9. The first-order chi connectivity index (χ1) is 16.0. The van der Waals surface area contributed by atoms with Gasteiger partial charge in [0.1, 0.15) is 17.5 Å². The zero-order valence-electron chi connectivity index (χ0n) is 18.3. The molecule has 0 saturated carbocycles. The molecule has 1 N–H and O–H groups in total. The maximum atomic E-state index is 14.1. The predicted octanol–water partition coefficient (Wildman–Crippen LogP) is 5.93. The summed E-state index contributed by atoms with van der Waals surface area (Å²) < 4.78 is 40.7. The molecular weight excluding hydrogens is 425 g/mol. The molecule has 2 heterocycles. The minimum atomic E-state index is -0.613. The van der Waals surface area contributed by atoms with E-state index < -0.39 is 6.10 Å². The van der Waals surface area contributed by atoms with E-state index in [2.05, 4.69) is 9.80 Å². The molecule has 33 heavy (non-hydrogen) atoms. The van der Waals surface area contributed by atoms with E-state index in [1.165, 1.54) is 30.3 Å². The van der Waals surface area contributed by atoms with Crippen LogP contribution in [-0.4, -0.2) is 35.7 Å². The van der Waals surface area contributed by atoms with Crippen molar-refractivity contribution in [3.05, 3.63) is 95.3 Å². The SMILES string of the molecule is OC(CCCN1CC[C@@H]2[C@@H](C1)c1cc(F)ccc1N2c1ccc(F)cc1)c1ccc(F)cc1. The maximum absolute atomic E-state index is 14.1. The number of halogens is 3. The van der Waals surface area contributed by atoms with Crippen LogP contribution >= 0.6 is 0 Å². The second kappa shape index (κ2) is 9.20. The second-order valence-electron chi connectivity index (χ2n) is 9.02. The Morgan fingerprint density at radius 3 is 2.27 bits per heavy atom. The molecule has 0 spiro atoms. The van der Waals surface area contributed by atoms with Gasteiger partial charge < -0.3 is 14.9 Å². The minimum absolute atomic E-state index is 0.163. The first-order valence-electron chi connectivity index (χ1n) is 11.5. The summed E-state index contributed by atoms with van der Waals surface area (Å²) in [6, 6.07) is 17.6. The number of hydrogen-bond acceptors (Lipinski definition) is 3. The number of aliphatic hydroxyl groups is 1. The van der Waals surface area contributed by atoms with Gasteiger partial charge in [-0.1, -0.05) is 12.1 Å². The van der Waals surface area contributed by atoms with Crippen molar-refractivity contribution in [1.82, 2.24) is 4.90 Å². The Morgan fingerprint density at radius 2 is 1.55 bits per heavy atom. The lowest BCUT2D eigenvalue weighted by Gasteiger charge is -2.39. The summed E-state index contributed by atoms with van der Waals surface area (Å²) in [7, 11) is 0. The van der Waals surface area contributed by atoms with Crippen molar-refractivity contribution in [1.29, 1.82) is 0 Å². The molecule has 3 nitrogen and oxygen atoms in total. The molecule has 1 fully saturated rings. The van der Waals surface area contributed by atoms with Crippen LogP contribution in [0.15, 0.2) is 66.7 Å². The molecule has 3 aromatic carbocycles. The number of fused-ring (bicyclic) bond motifs is 3. The Bertz CT molecular complexity index is 1100. The molecular formula is C27H27F3N2O. The Hall–Kier alpha value is -2.83. The fraction of sp³-hybridized carbons (Fsp3) is 0.333. The van der Waals surface area contributed by atoms with Crippen LogP contribution in [0, 0.1) is 17.5 Å². The van der Waals surface area contributed by atoms with Gasteiger partial charge in [0, 0.05) is 36.4 Å². The summed E-state index contributed by atoms with van der Waals surface area (Å²) in [5.74, 6) is -0.659. The normalized spacial score (nSPS) is 21.0. The molecule has 172 valence electrons. The van der Waals surface area contributed by atoms with E-state index in [4.69, 9.17) is 0 Å². The fourth-order valence-corrected chi connectivity index (χ4v) is 5.34. The molecule has 0 amide bonds. The van der Waals surface area contributed by atoms with Crippen LogP contribution in [0.3, 0.4) is 0 Å². The number of aliphatic hydroxyl groups excluding tert-OH is 1. The molecule has 0 aromatic heterocycles. The maximum Gasteiger partial charge on any atom is 0.123 e. The number of hydrogen-bond donors (Lipinski definition) is 1. The van der Waals surface area contributed by atoms with Crippen LogP contribution in [0.5, 0.6) is 0 Å². The fourth-order valence-electron chi connectivity index (χ4n) is 5.34. The van der Waals surface area contributed by atoms with Gasteiger partial charge in [-0.25, -0.2) is 13.2 Å². The summed E-state index contributed by atoms with van der Waals surface area (Å²) in [4.78, 5) is 4.61. The largest absolute Gasteiger partial charge is 0.388 e. The highest BCUT2D eigenvalue weighted by Gasteiger charge is 2.42. The second-order valence-corrected chi connectivity index (χ2v) is 9.02. The Labute approximate surface area is 192 Å². The van der Waals surface area contributed by atoms with Gasteiger partial charge in [0.15, 0.2) is 0 Å². The highest BCUT2D eigenvalue weighted by atomic mass is 19.1. The number of benzene rings is 3. The van der Waals surface area contributed by atoms with Crippen LogP contribution in [0.25, 0.3) is 0 Å². The number of nitrogens with zero attached hydrogens (tertiary/aromatic N) is 2. The van der Waals surface area contributed by atoms with Gasteiger partial charge in [-0.15, -0.1) is 0 Å². The average molecular weight is 453 g/mol. The number of rotatable bonds is 6. The highest BCUT2D eigenvalue weighted by molar-refractivity contribution is 5.73. The van der Waals surface area contributed by atoms with Gasteiger partial charge in [-0.05, 0) is 91.5 Å². The van der Waals surface area contributed by atoms with Gasteiger partial charge in [-0.2, -0.15) is 0 Å². The quantitative estimate of drug-likeness (QED) is 0.502. The van der Waals surface area contributed by atoms with Crippen molar-refractivity contribution in [2.45, 2.75) is 37.3 Å². The standard InChI is InChI=1S/C27H27F3N2O/c28-19-5-3-18(4-6-19)27(33)2-1-14-31-15-13-26-24(17-31)23-16-21(30)9-12-25(23)32(26)22-10-7-20(29)8-11-22/h3-12,16,24,26-27,33H,1-2,13-15,17H2/t24-,26+,27?/m0/s1. The van der Waals surface area contributed by atoms with Crippen molar-refractivity contribution in [2.75, 3.05) is 24.5 Å². The van der Waals surface area contributed by atoms with Gasteiger partial charge in [0.2, 0.25) is 0 Å². The molecule has 3 atom stereocenters. The van der Waals surface area contributed by atoms with E-state index in [1.807, 2.05) is 6.07 Å². The predicted molar refractivity (Wildman–Crippen MR) is 123 cm³/mol. The van der Waals surface area contributed by atoms with E-state index in [1.54, 1.807) is 30.3 Å². The number of anilines is 2. The van der Waals surface area contributed by atoms with Gasteiger partial charge in [-0.3, -0.25) is 0 Å². The molecule has 3 aromatic rings.